The smallest absolute Gasteiger partial charge is 0.349 e. The molecule has 0 bridgehead atoms. The van der Waals surface area contributed by atoms with Crippen molar-refractivity contribution in [2.24, 2.45) is 27.1 Å². The Kier molecular flexibility index (Phi) is 13.5. The van der Waals surface area contributed by atoms with Crippen LogP contribution in [0.2, 0.25) is 0 Å². The molecule has 328 valence electrons. The molecule has 0 amide bonds. The Morgan fingerprint density at radius 1 is 0.607 bits per heavy atom. The molecular weight excluding hydrogens is 777 g/mol. The Labute approximate surface area is 361 Å². The van der Waals surface area contributed by atoms with Crippen LogP contribution in [0.3, 0.4) is 0 Å². The minimum Gasteiger partial charge on any atom is -0.461 e. The van der Waals surface area contributed by atoms with Crippen molar-refractivity contribution in [2.45, 2.75) is 119 Å². The molecule has 4 aliphatic heterocycles. The molecule has 0 atom stereocenters. The zero-order chi connectivity index (χ0) is 44.4. The normalized spacial score (nSPS) is 28.4. The summed E-state index contributed by atoms with van der Waals surface area (Å²) in [5, 5.41) is 40.9. The lowest BCUT2D eigenvalue weighted by Gasteiger charge is -2.48. The molecule has 4 saturated heterocycles. The summed E-state index contributed by atoms with van der Waals surface area (Å²) in [7, 11) is 0. The molecule has 0 unspecified atom stereocenters. The van der Waals surface area contributed by atoms with Crippen molar-refractivity contribution in [2.75, 3.05) is 65.8 Å². The van der Waals surface area contributed by atoms with Crippen LogP contribution in [0, 0.1) is 72.4 Å². The number of esters is 2. The second-order valence-corrected chi connectivity index (χ2v) is 20.8. The van der Waals surface area contributed by atoms with E-state index in [1.165, 1.54) is 0 Å². The fourth-order valence-electron chi connectivity index (χ4n) is 9.41. The molecule has 2 aliphatic carbocycles. The second kappa shape index (κ2) is 18.0. The van der Waals surface area contributed by atoms with Crippen molar-refractivity contribution in [3.63, 3.8) is 0 Å². The topological polar surface area (TPSA) is 191 Å². The van der Waals surface area contributed by atoms with Crippen LogP contribution >= 0.6 is 0 Å². The molecule has 6 aliphatic rings. The zero-order valence-corrected chi connectivity index (χ0v) is 37.3. The van der Waals surface area contributed by atoms with Crippen molar-refractivity contribution >= 4 is 11.9 Å². The molecule has 0 saturated carbocycles. The maximum Gasteiger partial charge on any atom is 0.349 e. The first-order valence-electron chi connectivity index (χ1n) is 21.6. The molecule has 0 aromatic rings. The number of rotatable bonds is 10. The van der Waals surface area contributed by atoms with Crippen LogP contribution in [0.1, 0.15) is 107 Å². The van der Waals surface area contributed by atoms with Crippen LogP contribution in [0.4, 0.5) is 0 Å². The van der Waals surface area contributed by atoms with Gasteiger partial charge in [0.1, 0.15) is 48.6 Å². The van der Waals surface area contributed by atoms with E-state index in [0.717, 1.165) is 63.3 Å². The third-order valence-electron chi connectivity index (χ3n) is 12.8. The average Bonchev–Trinajstić information content (AvgIpc) is 3.96. The van der Waals surface area contributed by atoms with E-state index >= 15 is 0 Å². The molecule has 14 nitrogen and oxygen atoms in total. The molecule has 14 heteroatoms. The van der Waals surface area contributed by atoms with Gasteiger partial charge in [-0.3, -0.25) is 0 Å². The summed E-state index contributed by atoms with van der Waals surface area (Å²) >= 11 is 0. The van der Waals surface area contributed by atoms with Crippen LogP contribution in [0.15, 0.2) is 44.8 Å². The predicted octanol–water partition coefficient (Wildman–Crippen LogP) is 6.88. The van der Waals surface area contributed by atoms with Gasteiger partial charge in [0.15, 0.2) is 12.6 Å². The van der Waals surface area contributed by atoms with Gasteiger partial charge >= 0.3 is 11.9 Å². The number of ether oxygens (including phenoxy) is 6. The fraction of sp³-hybridized carbons (Fsp3) is 0.702. The predicted molar refractivity (Wildman–Crippen MR) is 221 cm³/mol. The molecular formula is C47H62N6O8. The molecule has 6 rings (SSSR count). The summed E-state index contributed by atoms with van der Waals surface area (Å²) in [6.45, 7) is 20.0. The van der Waals surface area contributed by atoms with Gasteiger partial charge in [-0.25, -0.2) is 9.59 Å². The Morgan fingerprint density at radius 3 is 1.23 bits per heavy atom. The fourth-order valence-corrected chi connectivity index (χ4v) is 9.41. The monoisotopic (exact) mass is 838 g/mol. The molecule has 0 aromatic heterocycles. The largest absolute Gasteiger partial charge is 0.461 e. The van der Waals surface area contributed by atoms with Gasteiger partial charge < -0.3 is 38.2 Å². The third-order valence-corrected chi connectivity index (χ3v) is 12.8. The number of carbonyl (C=O) groups excluding carboxylic acids is 2. The van der Waals surface area contributed by atoms with Gasteiger partial charge in [-0.15, -0.1) is 0 Å². The average molecular weight is 839 g/mol. The number of allylic oxidation sites excluding steroid dienone is 6. The van der Waals surface area contributed by atoms with Crippen LogP contribution in [-0.4, -0.2) is 100 Å². The quantitative estimate of drug-likeness (QED) is 0.126. The first kappa shape index (κ1) is 45.8. The summed E-state index contributed by atoms with van der Waals surface area (Å²) < 4.78 is 36.5. The first-order chi connectivity index (χ1) is 28.8. The Morgan fingerprint density at radius 2 is 0.934 bits per heavy atom. The lowest BCUT2D eigenvalue weighted by Crippen LogP contribution is -2.57. The highest BCUT2D eigenvalue weighted by atomic mass is 16.7. The highest BCUT2D eigenvalue weighted by Crippen LogP contribution is 2.47. The van der Waals surface area contributed by atoms with Crippen molar-refractivity contribution in [1.82, 2.24) is 9.80 Å². The summed E-state index contributed by atoms with van der Waals surface area (Å²) in [6.07, 6.45) is 4.94. The standard InChI is InChI=1S/C47H62N6O8/c1-43(2)17-31(33(21-48)37(19-43)52-13-9-10-14-52)35(23-50)39(54)56-25-45(5,6)41-58-27-47(28-59-41)29-60-42(61-30-47)46(7,8)26-57-40(55)36(24-51)32-18-44(3,4)20-38(34(32)22-49)53-15-11-12-16-53/h41-42H,9-20,25-30H2,1-8H3/b35-31+,36-32+. The van der Waals surface area contributed by atoms with Crippen molar-refractivity contribution in [3.05, 3.63) is 44.8 Å². The molecule has 4 fully saturated rings. The highest BCUT2D eigenvalue weighted by molar-refractivity contribution is 5.95. The van der Waals surface area contributed by atoms with E-state index in [9.17, 15) is 30.6 Å². The second-order valence-electron chi connectivity index (χ2n) is 20.8. The first-order valence-corrected chi connectivity index (χ1v) is 21.6. The van der Waals surface area contributed by atoms with Gasteiger partial charge in [-0.2, -0.15) is 21.0 Å². The lowest BCUT2D eigenvalue weighted by atomic mass is 9.72. The number of nitriles is 4. The number of nitrogens with zero attached hydrogens (tertiary/aromatic N) is 6. The van der Waals surface area contributed by atoms with Crippen LogP contribution in [-0.2, 0) is 38.0 Å². The Bertz CT molecular complexity index is 1890. The van der Waals surface area contributed by atoms with Crippen LogP contribution in [0.5, 0.6) is 0 Å². The number of carbonyl (C=O) groups is 2. The van der Waals surface area contributed by atoms with Gasteiger partial charge in [-0.1, -0.05) is 55.4 Å². The maximum atomic E-state index is 13.5. The molecule has 4 heterocycles. The minimum absolute atomic E-state index is 0.0897. The number of hydrogen-bond acceptors (Lipinski definition) is 14. The highest BCUT2D eigenvalue weighted by Gasteiger charge is 2.49. The van der Waals surface area contributed by atoms with E-state index in [0.29, 0.717) is 48.0 Å². The number of hydrogen-bond donors (Lipinski definition) is 0. The van der Waals surface area contributed by atoms with Crippen molar-refractivity contribution in [1.29, 1.82) is 21.0 Å². The summed E-state index contributed by atoms with van der Waals surface area (Å²) in [6, 6.07) is 8.75. The third kappa shape index (κ3) is 10.0. The van der Waals surface area contributed by atoms with E-state index in [1.54, 1.807) is 0 Å². The van der Waals surface area contributed by atoms with E-state index in [-0.39, 0.29) is 61.6 Å². The van der Waals surface area contributed by atoms with E-state index < -0.39 is 40.8 Å². The summed E-state index contributed by atoms with van der Waals surface area (Å²) in [5.74, 6) is -1.54. The van der Waals surface area contributed by atoms with Crippen molar-refractivity contribution < 1.29 is 38.0 Å². The Hall–Kier alpha value is -4.70. The van der Waals surface area contributed by atoms with Crippen LogP contribution < -0.4 is 0 Å². The Balaban J connectivity index is 1.03. The lowest BCUT2D eigenvalue weighted by molar-refractivity contribution is -0.337. The van der Waals surface area contributed by atoms with Gasteiger partial charge in [0.05, 0.1) is 43.0 Å². The molecule has 61 heavy (non-hydrogen) atoms. The molecule has 0 radical (unpaired) electrons. The van der Waals surface area contributed by atoms with Gasteiger partial charge in [-0.05, 0) is 73.3 Å². The number of likely N-dealkylation sites (tertiary alicyclic amines) is 2. The SMILES string of the molecule is CC1(C)CC(N2CCCC2)=C(C#N)/C(=C(\C#N)C(=O)OCC(C)(C)C2OCC3(CO2)COC(C(C)(C)COC(=O)/C(C#N)=C2\CC(C)(C)CC(N4CCCC4)=C2C#N)OC3)C1. The minimum atomic E-state index is -0.793. The van der Waals surface area contributed by atoms with Gasteiger partial charge in [0.2, 0.25) is 0 Å². The molecule has 0 N–H and O–H groups in total. The molecule has 0 aromatic carbocycles. The summed E-state index contributed by atoms with van der Waals surface area (Å²) in [5.41, 5.74) is 0.556. The maximum absolute atomic E-state index is 13.5. The van der Waals surface area contributed by atoms with E-state index in [1.807, 2.05) is 27.7 Å². The van der Waals surface area contributed by atoms with Gasteiger partial charge in [0, 0.05) is 48.4 Å². The van der Waals surface area contributed by atoms with E-state index in [2.05, 4.69) is 61.8 Å². The van der Waals surface area contributed by atoms with Gasteiger partial charge in [0.25, 0.3) is 0 Å². The zero-order valence-electron chi connectivity index (χ0n) is 37.3. The van der Waals surface area contributed by atoms with E-state index in [4.69, 9.17) is 28.4 Å². The summed E-state index contributed by atoms with van der Waals surface area (Å²) in [4.78, 5) is 31.5. The molecule has 1 spiro atoms. The van der Waals surface area contributed by atoms with Crippen molar-refractivity contribution in [3.8, 4) is 24.3 Å². The van der Waals surface area contributed by atoms with Crippen LogP contribution in [0.25, 0.3) is 0 Å².